The zero-order chi connectivity index (χ0) is 107. The van der Waals surface area contributed by atoms with Crippen molar-refractivity contribution in [2.45, 2.75) is 267 Å². The number of ketones is 2. The average molecular weight is 2010 g/mol. The number of hydrogen-bond acceptors (Lipinski definition) is 20. The summed E-state index contributed by atoms with van der Waals surface area (Å²) in [6.45, 7) is 24.8. The van der Waals surface area contributed by atoms with E-state index in [4.69, 9.17) is 19.4 Å². The van der Waals surface area contributed by atoms with Crippen LogP contribution < -0.4 is 0 Å². The van der Waals surface area contributed by atoms with E-state index in [1.54, 1.807) is 42.5 Å². The van der Waals surface area contributed by atoms with Crippen LogP contribution in [0.4, 0.5) is 17.1 Å². The monoisotopic (exact) mass is 2010 g/mol. The van der Waals surface area contributed by atoms with Crippen molar-refractivity contribution >= 4 is 119 Å². The van der Waals surface area contributed by atoms with Crippen LogP contribution in [0.5, 0.6) is 0 Å². The molecule has 0 aliphatic heterocycles. The van der Waals surface area contributed by atoms with Crippen LogP contribution in [0, 0.1) is 43.2 Å². The van der Waals surface area contributed by atoms with Crippen LogP contribution in [-0.2, 0) is 61.3 Å². The lowest BCUT2D eigenvalue weighted by Gasteiger charge is -2.32. The van der Waals surface area contributed by atoms with Crippen LogP contribution in [0.15, 0.2) is 275 Å². The second-order valence-electron chi connectivity index (χ2n) is 40.0. The number of aryl methyl sites for hydroxylation is 2. The highest BCUT2D eigenvalue weighted by Crippen LogP contribution is 2.59. The number of rotatable bonds is 38. The summed E-state index contributed by atoms with van der Waals surface area (Å²) < 4.78 is 2.17. The number of non-ortho nitro benzene ring substituents is 3. The number of carbonyl (C=O) groups is 6. The Morgan fingerprint density at radius 2 is 0.707 bits per heavy atom. The quantitative estimate of drug-likeness (QED) is 0.0114. The predicted octanol–water partition coefficient (Wildman–Crippen LogP) is 31.4. The van der Waals surface area contributed by atoms with Crippen LogP contribution in [0.3, 0.4) is 0 Å². The number of hydrogen-bond donors (Lipinski definition) is 0. The molecule has 150 heavy (non-hydrogen) atoms. The van der Waals surface area contributed by atoms with E-state index in [0.29, 0.717) is 46.1 Å². The number of fused-ring (bicyclic) bond motifs is 14. The second kappa shape index (κ2) is 48.9. The van der Waals surface area contributed by atoms with Gasteiger partial charge in [0.2, 0.25) is 5.78 Å². The van der Waals surface area contributed by atoms with Crippen molar-refractivity contribution in [1.29, 1.82) is 0 Å². The van der Waals surface area contributed by atoms with E-state index in [-0.39, 0.29) is 65.4 Å². The molecular weight excluding hydrogens is 1880 g/mol. The van der Waals surface area contributed by atoms with E-state index >= 15 is 0 Å². The number of unbranched alkanes of at least 4 members (excludes halogenated alkanes) is 6. The molecule has 0 spiro atoms. The number of oxime groups is 4. The Bertz CT molecular complexity index is 7610. The van der Waals surface area contributed by atoms with Crippen molar-refractivity contribution in [3.63, 3.8) is 0 Å². The second-order valence-corrected chi connectivity index (χ2v) is 40.0. The number of benzene rings is 13. The number of nitro groups is 3. The molecule has 14 aromatic rings. The first-order valence-corrected chi connectivity index (χ1v) is 53.0. The van der Waals surface area contributed by atoms with E-state index < -0.39 is 23.9 Å². The van der Waals surface area contributed by atoms with E-state index in [0.717, 1.165) is 261 Å². The van der Waals surface area contributed by atoms with Crippen molar-refractivity contribution < 1.29 is 62.9 Å². The molecule has 24 nitrogen and oxygen atoms in total. The molecule has 0 unspecified atom stereocenters. The standard InChI is InChI=1S/C36H28N2O4.C34H34N2O4.C31H40N2O4.C25H30N2O4/c1-4-38-32-18-16-25(35(40)29-15-9-12-24-11-6-8-14-28(24)29)20-30(32)31-21-26(17-19-33(31)38)36(41)34(37-42-23(3)39)27-13-7-5-10-22(27)2;1-4-6-19-34(20-7-5-2)31-21-25(15-17-28(31)29-18-16-26(36(38)39)22-32(29)34)33(35-40-23(3)37)30-14-10-12-24-11-8-9-13-27(24)30;1-4-6-18-31(19-7-5-2)28-20-24(30(32-37-22(3)34)17-12-23-10-8-9-11-23)13-15-26(28)27-16-14-25(33(35)36)21-29(27)31;1-5-7-13-25(14-8-6-2)23-15-19(17(3)26-31-18(4)28)9-11-21(23)22-12-10-20(27(29)30)16-24(22)25/h5-21H,4H2,1-3H3;8-18,21-22H,4-7,19-20H2,1-3H3;13-16,20-21,23H,4-12,17-19H2,1-3H3;9-12,15-16H,5-8,13-14H2,1-4H3/b37-34+;35-33+;32-30-;26-17-. The fraction of sp³-hybridized carbons (Fsp3) is 0.333. The fourth-order valence-electron chi connectivity index (χ4n) is 22.8. The summed E-state index contributed by atoms with van der Waals surface area (Å²) in [5, 5.41) is 57.4. The highest BCUT2D eigenvalue weighted by atomic mass is 16.7. The third kappa shape index (κ3) is 23.2. The van der Waals surface area contributed by atoms with E-state index in [1.807, 2.05) is 172 Å². The zero-order valence-electron chi connectivity index (χ0n) is 88.1. The molecule has 1 saturated carbocycles. The molecule has 1 fully saturated rings. The number of carbonyl (C=O) groups excluding carboxylic acids is 6. The maximum absolute atomic E-state index is 13.9. The Balaban J connectivity index is 0.000000150. The summed E-state index contributed by atoms with van der Waals surface area (Å²) in [5.74, 6) is -1.70. The molecule has 1 heterocycles. The highest BCUT2D eigenvalue weighted by Gasteiger charge is 2.47. The Morgan fingerprint density at radius 1 is 0.353 bits per heavy atom. The number of nitro benzene ring substituents is 3. The Labute approximate surface area is 876 Å². The van der Waals surface area contributed by atoms with Crippen molar-refractivity contribution in [3.8, 4) is 33.4 Å². The smallest absolute Gasteiger partial charge is 0.332 e. The molecule has 0 amide bonds. The van der Waals surface area contributed by atoms with Gasteiger partial charge in [-0.2, -0.15) is 0 Å². The normalized spacial score (nSPS) is 13.9. The molecule has 13 aromatic carbocycles. The number of nitrogens with zero attached hydrogens (tertiary/aromatic N) is 8. The van der Waals surface area contributed by atoms with E-state index in [1.165, 1.54) is 64.5 Å². The fourth-order valence-corrected chi connectivity index (χ4v) is 22.8. The molecule has 24 heteroatoms. The molecule has 18 rings (SSSR count). The van der Waals surface area contributed by atoms with Gasteiger partial charge in [-0.3, -0.25) is 39.9 Å². The van der Waals surface area contributed by atoms with Crippen molar-refractivity contribution in [2.24, 2.45) is 26.5 Å². The van der Waals surface area contributed by atoms with Crippen molar-refractivity contribution in [3.05, 3.63) is 369 Å². The number of Topliss-reactive ketones (excluding diaryl/α,β-unsaturated/α-hetero) is 1. The van der Waals surface area contributed by atoms with Gasteiger partial charge in [-0.05, 0) is 256 Å². The first-order chi connectivity index (χ1) is 72.5. The van der Waals surface area contributed by atoms with Crippen LogP contribution in [0.1, 0.15) is 330 Å². The first-order valence-electron chi connectivity index (χ1n) is 53.0. The van der Waals surface area contributed by atoms with Gasteiger partial charge < -0.3 is 23.9 Å². The molecule has 0 bridgehead atoms. The predicted molar refractivity (Wildman–Crippen MR) is 596 cm³/mol. The summed E-state index contributed by atoms with van der Waals surface area (Å²) >= 11 is 0. The van der Waals surface area contributed by atoms with Gasteiger partial charge in [-0.1, -0.05) is 310 Å². The lowest BCUT2D eigenvalue weighted by Crippen LogP contribution is -2.26. The minimum atomic E-state index is -0.612. The Kier molecular flexibility index (Phi) is 35.4. The van der Waals surface area contributed by atoms with Gasteiger partial charge in [-0.25, -0.2) is 19.2 Å². The van der Waals surface area contributed by atoms with Gasteiger partial charge in [0.1, 0.15) is 5.71 Å². The van der Waals surface area contributed by atoms with Gasteiger partial charge in [0.15, 0.2) is 11.5 Å². The lowest BCUT2D eigenvalue weighted by atomic mass is 9.70. The molecular formula is C126H132N8O16. The van der Waals surface area contributed by atoms with Crippen LogP contribution >= 0.6 is 0 Å². The summed E-state index contributed by atoms with van der Waals surface area (Å²) in [6.07, 6.45) is 25.0. The van der Waals surface area contributed by atoms with Gasteiger partial charge in [0.25, 0.3) is 17.1 Å². The number of aromatic nitrogens is 1. The maximum Gasteiger partial charge on any atom is 0.332 e. The van der Waals surface area contributed by atoms with Crippen LogP contribution in [-0.4, -0.2) is 77.6 Å². The Hall–Kier alpha value is -15.7. The molecule has 4 aliphatic carbocycles. The summed E-state index contributed by atoms with van der Waals surface area (Å²) in [4.78, 5) is 128. The van der Waals surface area contributed by atoms with Crippen LogP contribution in [0.2, 0.25) is 0 Å². The molecule has 0 N–H and O–H groups in total. The molecule has 1 aromatic heterocycles. The van der Waals surface area contributed by atoms with Crippen LogP contribution in [0.25, 0.3) is 76.7 Å². The van der Waals surface area contributed by atoms with E-state index in [9.17, 15) is 59.1 Å². The summed E-state index contributed by atoms with van der Waals surface area (Å²) in [7, 11) is 0. The zero-order valence-corrected chi connectivity index (χ0v) is 88.1. The van der Waals surface area contributed by atoms with Gasteiger partial charge in [0.05, 0.1) is 26.2 Å². The maximum atomic E-state index is 13.9. The van der Waals surface area contributed by atoms with E-state index in [2.05, 4.69) is 128 Å². The topological polar surface area (TPSA) is 323 Å². The minimum absolute atomic E-state index is 0.0497. The lowest BCUT2D eigenvalue weighted by molar-refractivity contribution is -0.385. The highest BCUT2D eigenvalue weighted by molar-refractivity contribution is 6.52. The molecule has 4 aliphatic rings. The SMILES string of the molecule is CCCCC1(CCCC)c2cc(/C(=N\OC(C)=O)c3cccc4ccccc34)ccc2-c2ccc([N+](=O)[O-])cc21.CCCCC1(CCCC)c2cc(/C(C)=N\OC(C)=O)ccc2-c2ccc([N+](=O)[O-])cc21.CCCCC1(CCCC)c2cc(/C(CCC3CCCC3)=N\OC(C)=O)ccc2-c2ccc([N+](=O)[O-])cc21.CCn1c2ccc(C(=O)/C(=N/OC(C)=O)c3ccccc3C)cc2c2cc(C(=O)c3cccc4ccccc34)ccc21. The van der Waals surface area contributed by atoms with Crippen molar-refractivity contribution in [1.82, 2.24) is 4.57 Å². The summed E-state index contributed by atoms with van der Waals surface area (Å²) in [6, 6.07) is 81.2. The van der Waals surface area contributed by atoms with Gasteiger partial charge in [-0.15, -0.1) is 0 Å². The average Bonchev–Trinajstić information content (AvgIpc) is 1.56. The summed E-state index contributed by atoms with van der Waals surface area (Å²) in [5.41, 5.74) is 23.5. The molecule has 772 valence electrons. The minimum Gasteiger partial charge on any atom is -0.341 e. The van der Waals surface area contributed by atoms with Gasteiger partial charge >= 0.3 is 23.9 Å². The Morgan fingerprint density at radius 3 is 1.15 bits per heavy atom. The molecule has 0 saturated heterocycles. The molecule has 0 radical (unpaired) electrons. The molecule has 0 atom stereocenters. The third-order valence-corrected chi connectivity index (χ3v) is 30.2. The third-order valence-electron chi connectivity index (χ3n) is 30.2. The van der Waals surface area contributed by atoms with Gasteiger partial charge in [0, 0.05) is 142 Å². The van der Waals surface area contributed by atoms with Crippen molar-refractivity contribution in [2.75, 3.05) is 0 Å². The first kappa shape index (κ1) is 108. The largest absolute Gasteiger partial charge is 0.341 e.